The summed E-state index contributed by atoms with van der Waals surface area (Å²) in [7, 11) is 1.93. The molecule has 0 aromatic carbocycles. The molecule has 4 aromatic rings. The first-order chi connectivity index (χ1) is 15.8. The van der Waals surface area contributed by atoms with Crippen molar-refractivity contribution < 1.29 is 4.74 Å². The van der Waals surface area contributed by atoms with E-state index in [1.165, 1.54) is 12.1 Å². The van der Waals surface area contributed by atoms with Crippen LogP contribution in [0.25, 0.3) is 16.6 Å². The summed E-state index contributed by atoms with van der Waals surface area (Å²) in [5, 5.41) is 13.4. The minimum absolute atomic E-state index is 0.00732. The van der Waals surface area contributed by atoms with Crippen LogP contribution >= 0.6 is 0 Å². The molecule has 4 aromatic heterocycles. The standard InChI is InChI=1S/C22H27N9O/c1-27-14-18(12-24-27)17-5-6-19-20(13-25-30(19)15-17)28-7-9-29(10-8-28)22-23-16-26-31(22)21-4-2-3-11-32-21/h5-6,12-16,21H,2-4,7-11H2,1H3. The third-order valence-corrected chi connectivity index (χ3v) is 6.42. The zero-order chi connectivity index (χ0) is 21.5. The first-order valence-corrected chi connectivity index (χ1v) is 11.2. The Bertz CT molecular complexity index is 1210. The van der Waals surface area contributed by atoms with Gasteiger partial charge in [-0.05, 0) is 25.3 Å². The van der Waals surface area contributed by atoms with E-state index >= 15 is 0 Å². The van der Waals surface area contributed by atoms with Crippen LogP contribution in [0, 0.1) is 0 Å². The van der Waals surface area contributed by atoms with Crippen LogP contribution in [0.1, 0.15) is 25.5 Å². The van der Waals surface area contributed by atoms with E-state index in [-0.39, 0.29) is 6.23 Å². The molecule has 10 heteroatoms. The van der Waals surface area contributed by atoms with E-state index in [9.17, 15) is 0 Å². The molecular formula is C22H27N9O. The van der Waals surface area contributed by atoms with Gasteiger partial charge in [0.15, 0.2) is 6.23 Å². The van der Waals surface area contributed by atoms with Gasteiger partial charge < -0.3 is 14.5 Å². The van der Waals surface area contributed by atoms with Crippen LogP contribution in [-0.2, 0) is 11.8 Å². The van der Waals surface area contributed by atoms with Crippen LogP contribution in [-0.4, -0.2) is 66.9 Å². The molecule has 6 heterocycles. The van der Waals surface area contributed by atoms with Gasteiger partial charge in [-0.3, -0.25) is 4.68 Å². The molecule has 0 amide bonds. The van der Waals surface area contributed by atoms with Crippen LogP contribution in [0.4, 0.5) is 11.6 Å². The lowest BCUT2D eigenvalue weighted by Crippen LogP contribution is -2.47. The number of hydrogen-bond donors (Lipinski definition) is 0. The Morgan fingerprint density at radius 3 is 2.56 bits per heavy atom. The third-order valence-electron chi connectivity index (χ3n) is 6.42. The monoisotopic (exact) mass is 433 g/mol. The van der Waals surface area contributed by atoms with Crippen molar-refractivity contribution in [2.45, 2.75) is 25.5 Å². The van der Waals surface area contributed by atoms with Crippen molar-refractivity contribution in [2.24, 2.45) is 7.05 Å². The molecule has 10 nitrogen and oxygen atoms in total. The second-order valence-corrected chi connectivity index (χ2v) is 8.48. The Morgan fingerprint density at radius 2 is 1.78 bits per heavy atom. The van der Waals surface area contributed by atoms with Crippen molar-refractivity contribution in [3.63, 3.8) is 0 Å². The predicted octanol–water partition coefficient (Wildman–Crippen LogP) is 2.35. The zero-order valence-corrected chi connectivity index (χ0v) is 18.2. The number of pyridine rings is 1. The summed E-state index contributed by atoms with van der Waals surface area (Å²) >= 11 is 0. The number of piperazine rings is 1. The van der Waals surface area contributed by atoms with Gasteiger partial charge in [-0.1, -0.05) is 6.07 Å². The quantitative estimate of drug-likeness (QED) is 0.489. The molecule has 2 saturated heterocycles. The largest absolute Gasteiger partial charge is 0.365 e. The highest BCUT2D eigenvalue weighted by molar-refractivity contribution is 5.75. The first kappa shape index (κ1) is 19.3. The molecule has 2 aliphatic rings. The van der Waals surface area contributed by atoms with Gasteiger partial charge >= 0.3 is 0 Å². The number of hydrogen-bond acceptors (Lipinski definition) is 7. The minimum atomic E-state index is 0.00732. The van der Waals surface area contributed by atoms with Gasteiger partial charge in [-0.25, -0.2) is 9.20 Å². The Morgan fingerprint density at radius 1 is 0.906 bits per heavy atom. The van der Waals surface area contributed by atoms with Gasteiger partial charge in [-0.15, -0.1) is 0 Å². The van der Waals surface area contributed by atoms with Crippen molar-refractivity contribution in [2.75, 3.05) is 42.6 Å². The molecule has 6 rings (SSSR count). The van der Waals surface area contributed by atoms with Crippen molar-refractivity contribution >= 4 is 17.2 Å². The molecule has 1 atom stereocenters. The highest BCUT2D eigenvalue weighted by atomic mass is 16.5. The molecule has 166 valence electrons. The van der Waals surface area contributed by atoms with E-state index in [4.69, 9.17) is 4.74 Å². The van der Waals surface area contributed by atoms with Crippen LogP contribution in [0.3, 0.4) is 0 Å². The van der Waals surface area contributed by atoms with Crippen molar-refractivity contribution in [3.05, 3.63) is 43.2 Å². The fourth-order valence-corrected chi connectivity index (χ4v) is 4.69. The molecule has 0 saturated carbocycles. The first-order valence-electron chi connectivity index (χ1n) is 11.2. The summed E-state index contributed by atoms with van der Waals surface area (Å²) < 4.78 is 11.7. The highest BCUT2D eigenvalue weighted by Crippen LogP contribution is 2.29. The molecule has 0 aliphatic carbocycles. The average Bonchev–Trinajstić information content (AvgIpc) is 3.59. The predicted molar refractivity (Wildman–Crippen MR) is 121 cm³/mol. The summed E-state index contributed by atoms with van der Waals surface area (Å²) in [5.41, 5.74) is 4.48. The molecule has 0 N–H and O–H groups in total. The lowest BCUT2D eigenvalue weighted by atomic mass is 10.1. The average molecular weight is 434 g/mol. The number of aryl methyl sites for hydroxylation is 1. The second-order valence-electron chi connectivity index (χ2n) is 8.48. The van der Waals surface area contributed by atoms with E-state index in [0.29, 0.717) is 0 Å². The lowest BCUT2D eigenvalue weighted by Gasteiger charge is -2.36. The number of rotatable bonds is 4. The molecule has 2 aliphatic heterocycles. The summed E-state index contributed by atoms with van der Waals surface area (Å²) in [6.45, 7) is 4.39. The Hall–Kier alpha value is -3.40. The number of aromatic nitrogens is 7. The number of fused-ring (bicyclic) bond motifs is 1. The fraction of sp³-hybridized carbons (Fsp3) is 0.455. The number of nitrogens with zero attached hydrogens (tertiary/aromatic N) is 9. The van der Waals surface area contributed by atoms with Crippen LogP contribution in [0.15, 0.2) is 43.2 Å². The number of ether oxygens (including phenoxy) is 1. The normalized spacial score (nSPS) is 19.7. The third kappa shape index (κ3) is 3.40. The Kier molecular flexibility index (Phi) is 4.79. The highest BCUT2D eigenvalue weighted by Gasteiger charge is 2.26. The Labute approximate surface area is 186 Å². The summed E-state index contributed by atoms with van der Waals surface area (Å²) in [5.74, 6) is 0.914. The maximum atomic E-state index is 5.93. The van der Waals surface area contributed by atoms with Gasteiger partial charge in [0.25, 0.3) is 0 Å². The molecule has 0 bridgehead atoms. The molecule has 1 unspecified atom stereocenters. The van der Waals surface area contributed by atoms with Crippen LogP contribution in [0.5, 0.6) is 0 Å². The SMILES string of the molecule is Cn1cc(-c2ccc3c(N4CCN(c5ncnn5C5CCCCO5)CC4)cnn3c2)cn1. The van der Waals surface area contributed by atoms with Gasteiger partial charge in [0.05, 0.1) is 23.6 Å². The van der Waals surface area contributed by atoms with Gasteiger partial charge in [0, 0.05) is 63.4 Å². The topological polar surface area (TPSA) is 81.5 Å². The van der Waals surface area contributed by atoms with Crippen molar-refractivity contribution in [3.8, 4) is 11.1 Å². The lowest BCUT2D eigenvalue weighted by molar-refractivity contribution is -0.0387. The summed E-state index contributed by atoms with van der Waals surface area (Å²) in [4.78, 5) is 9.27. The van der Waals surface area contributed by atoms with Crippen molar-refractivity contribution in [1.29, 1.82) is 0 Å². The molecule has 32 heavy (non-hydrogen) atoms. The fourth-order valence-electron chi connectivity index (χ4n) is 4.69. The number of anilines is 2. The second kappa shape index (κ2) is 7.94. The smallest absolute Gasteiger partial charge is 0.226 e. The van der Waals surface area contributed by atoms with Gasteiger partial charge in [0.2, 0.25) is 5.95 Å². The van der Waals surface area contributed by atoms with Crippen LogP contribution in [0.2, 0.25) is 0 Å². The molecule has 0 spiro atoms. The maximum Gasteiger partial charge on any atom is 0.226 e. The van der Waals surface area contributed by atoms with Crippen molar-refractivity contribution in [1.82, 2.24) is 34.2 Å². The van der Waals surface area contributed by atoms with E-state index < -0.39 is 0 Å². The van der Waals surface area contributed by atoms with E-state index in [2.05, 4.69) is 48.4 Å². The molecule has 0 radical (unpaired) electrons. The van der Waals surface area contributed by atoms with Gasteiger partial charge in [0.1, 0.15) is 6.33 Å². The molecule has 2 fully saturated rings. The Balaban J connectivity index is 1.18. The van der Waals surface area contributed by atoms with E-state index in [1.54, 1.807) is 6.33 Å². The minimum Gasteiger partial charge on any atom is -0.365 e. The summed E-state index contributed by atoms with van der Waals surface area (Å²) in [6.07, 6.45) is 12.9. The maximum absolute atomic E-state index is 5.93. The van der Waals surface area contributed by atoms with E-state index in [1.807, 2.05) is 39.5 Å². The molecular weight excluding hydrogens is 406 g/mol. The summed E-state index contributed by atoms with van der Waals surface area (Å²) in [6, 6.07) is 4.29. The van der Waals surface area contributed by atoms with Crippen LogP contribution < -0.4 is 9.80 Å². The zero-order valence-electron chi connectivity index (χ0n) is 18.2. The van der Waals surface area contributed by atoms with Gasteiger partial charge in [-0.2, -0.15) is 20.3 Å². The van der Waals surface area contributed by atoms with E-state index in [0.717, 1.165) is 68.2 Å².